The standard InChI is InChI=1S/C37H43N2O15S/c1-20-23-11-12-24-36-19-50-33(51-21(2)40)28(36)35(3,4)16-15-25(36)52-34(44)37(24,29(20)43)30(23)53-27(42)14-13-26(41)48-17-8-18-49-31-32(39(45)54-38-31)55(46,47)22-9-6-5-7-10-22/h5-7,9-10,23-25,28,30,33,38H,1,8,11-19H2,2-4H3/q+1/t23-,24-,25-,28+,30+,33-,36+,37-/m0/s1. The number of H-pyrrole nitrogens is 1. The second-order valence-corrected chi connectivity index (χ2v) is 17.4. The summed E-state index contributed by atoms with van der Waals surface area (Å²) in [6.45, 7) is 9.14. The highest BCUT2D eigenvalue weighted by Crippen LogP contribution is 2.71. The van der Waals surface area contributed by atoms with E-state index in [4.69, 9.17) is 28.4 Å². The fourth-order valence-electron chi connectivity index (χ4n) is 9.89. The lowest BCUT2D eigenvalue weighted by Gasteiger charge is -2.62. The van der Waals surface area contributed by atoms with Gasteiger partial charge >= 0.3 is 34.8 Å². The number of hydrogen-bond donors (Lipinski definition) is 1. The predicted molar refractivity (Wildman–Crippen MR) is 182 cm³/mol. The summed E-state index contributed by atoms with van der Waals surface area (Å²) in [5.41, 5.74) is -3.01. The van der Waals surface area contributed by atoms with Gasteiger partial charge in [0, 0.05) is 30.6 Å². The van der Waals surface area contributed by atoms with Crippen molar-refractivity contribution in [3.05, 3.63) is 47.4 Å². The molecule has 5 aliphatic rings. The molecule has 7 rings (SSSR count). The van der Waals surface area contributed by atoms with Gasteiger partial charge in [0.25, 0.3) is 9.84 Å². The molecule has 3 heterocycles. The largest absolute Gasteiger partial charge is 0.466 e. The van der Waals surface area contributed by atoms with Crippen LogP contribution in [0.25, 0.3) is 0 Å². The fourth-order valence-corrected chi connectivity index (χ4v) is 11.2. The van der Waals surface area contributed by atoms with Crippen LogP contribution in [0.15, 0.2) is 57.0 Å². The number of carbonyl (C=O) groups excluding carboxylic acids is 5. The summed E-state index contributed by atoms with van der Waals surface area (Å²) in [5.74, 6) is -5.52. The summed E-state index contributed by atoms with van der Waals surface area (Å²) in [5, 5.41) is 1.35. The van der Waals surface area contributed by atoms with Crippen molar-refractivity contribution in [1.82, 2.24) is 5.16 Å². The van der Waals surface area contributed by atoms with E-state index in [2.05, 4.69) is 16.4 Å². The van der Waals surface area contributed by atoms with Gasteiger partial charge in [0.1, 0.15) is 12.2 Å². The van der Waals surface area contributed by atoms with Gasteiger partial charge in [-0.05, 0) is 64.8 Å². The second-order valence-electron chi connectivity index (χ2n) is 15.5. The molecule has 1 aromatic carbocycles. The number of hydrogen-bond acceptors (Lipinski definition) is 15. The van der Waals surface area contributed by atoms with Crippen LogP contribution in [0.3, 0.4) is 0 Å². The normalized spacial score (nSPS) is 31.7. The van der Waals surface area contributed by atoms with Gasteiger partial charge in [0.15, 0.2) is 11.2 Å². The van der Waals surface area contributed by atoms with Crippen LogP contribution in [0.2, 0.25) is 0 Å². The molecule has 3 saturated carbocycles. The Morgan fingerprint density at radius 1 is 1.02 bits per heavy atom. The summed E-state index contributed by atoms with van der Waals surface area (Å²) in [4.78, 5) is 78.4. The van der Waals surface area contributed by atoms with Gasteiger partial charge in [0.2, 0.25) is 10.9 Å². The molecule has 2 spiro atoms. The Bertz CT molecular complexity index is 2090. The number of benzene rings is 1. The maximum absolute atomic E-state index is 14.2. The fraction of sp³-hybridized carbons (Fsp3) is 0.595. The summed E-state index contributed by atoms with van der Waals surface area (Å²) >= 11 is 0. The zero-order valence-electron chi connectivity index (χ0n) is 30.6. The van der Waals surface area contributed by atoms with E-state index in [1.54, 1.807) is 6.07 Å². The van der Waals surface area contributed by atoms with Crippen molar-refractivity contribution in [2.45, 2.75) is 94.1 Å². The van der Waals surface area contributed by atoms with Gasteiger partial charge in [-0.25, -0.2) is 8.42 Å². The maximum atomic E-state index is 14.2. The molecule has 55 heavy (non-hydrogen) atoms. The van der Waals surface area contributed by atoms with Crippen LogP contribution >= 0.6 is 0 Å². The molecule has 18 heteroatoms. The molecular weight excluding hydrogens is 744 g/mol. The van der Waals surface area contributed by atoms with Gasteiger partial charge in [0.05, 0.1) is 37.6 Å². The number of ketones is 1. The zero-order valence-corrected chi connectivity index (χ0v) is 31.4. The number of sulfone groups is 1. The van der Waals surface area contributed by atoms with Crippen molar-refractivity contribution >= 4 is 39.5 Å². The molecule has 2 aromatic rings. The minimum Gasteiger partial charge on any atom is -0.466 e. The lowest BCUT2D eigenvalue weighted by molar-refractivity contribution is -0.744. The third kappa shape index (κ3) is 6.07. The van der Waals surface area contributed by atoms with Gasteiger partial charge in [-0.15, -0.1) is 0 Å². The quantitative estimate of drug-likeness (QED) is 0.107. The monoisotopic (exact) mass is 787 g/mol. The first-order chi connectivity index (χ1) is 26.1. The van der Waals surface area contributed by atoms with Crippen molar-refractivity contribution in [2.75, 3.05) is 19.8 Å². The van der Waals surface area contributed by atoms with Crippen molar-refractivity contribution in [3.8, 4) is 5.88 Å². The van der Waals surface area contributed by atoms with E-state index in [0.29, 0.717) is 25.7 Å². The predicted octanol–water partition coefficient (Wildman–Crippen LogP) is 2.78. The smallest absolute Gasteiger partial charge is 0.404 e. The van der Waals surface area contributed by atoms with Crippen LogP contribution in [-0.2, 0) is 57.5 Å². The Labute approximate surface area is 315 Å². The third-order valence-electron chi connectivity index (χ3n) is 12.1. The molecule has 1 N–H and O–H groups in total. The van der Waals surface area contributed by atoms with Crippen LogP contribution < -0.4 is 9.34 Å². The molecule has 2 bridgehead atoms. The molecule has 0 radical (unpaired) electrons. The topological polar surface area (TPSA) is 227 Å². The van der Waals surface area contributed by atoms with Crippen LogP contribution in [0.1, 0.15) is 65.7 Å². The number of Topliss-reactive ketones (excluding diaryl/α,β-unsaturated/α-hetero) is 1. The van der Waals surface area contributed by atoms with E-state index < -0.39 is 109 Å². The average Bonchev–Trinajstić information content (AvgIpc) is 3.75. The van der Waals surface area contributed by atoms with Gasteiger partial charge in [-0.2, -0.15) is 0 Å². The van der Waals surface area contributed by atoms with Crippen molar-refractivity contribution in [1.29, 1.82) is 0 Å². The van der Waals surface area contributed by atoms with Gasteiger partial charge in [-0.3, -0.25) is 24.0 Å². The third-order valence-corrected chi connectivity index (χ3v) is 13.8. The molecule has 17 nitrogen and oxygen atoms in total. The molecule has 1 aromatic heterocycles. The number of aromatic nitrogens is 2. The lowest BCUT2D eigenvalue weighted by Crippen LogP contribution is -2.71. The highest BCUT2D eigenvalue weighted by molar-refractivity contribution is 7.91. The van der Waals surface area contributed by atoms with Crippen molar-refractivity contribution in [3.63, 3.8) is 0 Å². The first-order valence-electron chi connectivity index (χ1n) is 18.2. The minimum atomic E-state index is -4.28. The Morgan fingerprint density at radius 3 is 2.47 bits per heavy atom. The van der Waals surface area contributed by atoms with Gasteiger partial charge < -0.3 is 28.4 Å². The Kier molecular flexibility index (Phi) is 9.80. The van der Waals surface area contributed by atoms with Crippen LogP contribution in [0.4, 0.5) is 0 Å². The summed E-state index contributed by atoms with van der Waals surface area (Å²) in [6, 6.07) is 7.23. The Balaban J connectivity index is 0.980. The van der Waals surface area contributed by atoms with E-state index in [0.717, 1.165) is 0 Å². The highest BCUT2D eigenvalue weighted by atomic mass is 32.2. The van der Waals surface area contributed by atoms with Crippen LogP contribution in [0.5, 0.6) is 5.88 Å². The van der Waals surface area contributed by atoms with Crippen LogP contribution in [0, 0.1) is 38.9 Å². The molecule has 2 saturated heterocycles. The summed E-state index contributed by atoms with van der Waals surface area (Å²) in [7, 11) is -4.28. The highest BCUT2D eigenvalue weighted by Gasteiger charge is 2.81. The van der Waals surface area contributed by atoms with Gasteiger partial charge in [-0.1, -0.05) is 43.3 Å². The molecular formula is C37H43N2O15S+. The number of carbonyl (C=O) groups is 5. The maximum Gasteiger partial charge on any atom is 0.404 e. The van der Waals surface area contributed by atoms with Crippen molar-refractivity contribution < 1.29 is 70.0 Å². The first kappa shape index (κ1) is 38.4. The molecule has 8 atom stereocenters. The molecule has 0 unspecified atom stereocenters. The number of rotatable bonds is 12. The van der Waals surface area contributed by atoms with E-state index in [-0.39, 0.29) is 47.7 Å². The van der Waals surface area contributed by atoms with E-state index >= 15 is 0 Å². The molecule has 3 aliphatic carbocycles. The minimum absolute atomic E-state index is 0.0817. The second kappa shape index (κ2) is 14.0. The lowest BCUT2D eigenvalue weighted by atomic mass is 9.43. The van der Waals surface area contributed by atoms with Crippen LogP contribution in [-0.4, -0.2) is 81.6 Å². The molecule has 5 fully saturated rings. The first-order valence-corrected chi connectivity index (χ1v) is 19.7. The van der Waals surface area contributed by atoms with E-state index in [9.17, 15) is 37.3 Å². The number of nitrogens with zero attached hydrogens (tertiary/aromatic N) is 1. The summed E-state index contributed by atoms with van der Waals surface area (Å²) in [6.07, 6.45) is -1.40. The number of ether oxygens (including phenoxy) is 6. The number of fused-ring (bicyclic) bond motifs is 1. The molecule has 2 aliphatic heterocycles. The molecule has 0 amide bonds. The SMILES string of the molecule is C=C1C(=O)[C@@]23C(=O)O[C@H]4CCC(C)(C)[C@H]5[C@H](OC(C)=O)OC[C@@]45[C@@H]2CC[C@@H]1[C@H]3OC(=O)CCC(=O)OCCCOc1[nH]o[n+](=O)c1S(=O)(=O)c1ccccc1. The molecule has 296 valence electrons. The van der Waals surface area contributed by atoms with E-state index in [1.807, 2.05) is 13.8 Å². The summed E-state index contributed by atoms with van der Waals surface area (Å²) < 4.78 is 64.8. The van der Waals surface area contributed by atoms with E-state index in [1.165, 1.54) is 31.2 Å². The number of nitrogens with one attached hydrogen (secondary N) is 1. The number of aromatic amines is 1. The van der Waals surface area contributed by atoms with Crippen molar-refractivity contribution in [2.24, 2.45) is 34.0 Å². The number of esters is 4. The Morgan fingerprint density at radius 2 is 1.75 bits per heavy atom. The zero-order chi connectivity index (χ0) is 39.5. The average molecular weight is 788 g/mol. The Hall–Kier alpha value is -4.84.